The predicted octanol–water partition coefficient (Wildman–Crippen LogP) is 0.270. The number of hydrogen-bond acceptors (Lipinski definition) is 3. The van der Waals surface area contributed by atoms with Crippen LogP contribution in [0, 0.1) is 0 Å². The molecular weight excluding hydrogens is 170 g/mol. The minimum absolute atomic E-state index is 0.281. The third-order valence-electron chi connectivity index (χ3n) is 1.86. The zero-order chi connectivity index (χ0) is 9.42. The Bertz CT molecular complexity index is 498. The van der Waals surface area contributed by atoms with E-state index in [0.29, 0.717) is 11.5 Å². The van der Waals surface area contributed by atoms with Gasteiger partial charge in [-0.1, -0.05) is 0 Å². The first-order valence-corrected chi connectivity index (χ1v) is 3.81. The van der Waals surface area contributed by atoms with Gasteiger partial charge in [0.25, 0.3) is 0 Å². The Hall–Kier alpha value is -1.78. The minimum atomic E-state index is -0.281. The molecule has 68 valence electrons. The molecule has 0 aromatic carbocycles. The Morgan fingerprint density at radius 2 is 2.38 bits per heavy atom. The largest absolute Gasteiger partial charge is 0.482 e. The van der Waals surface area contributed by atoms with Crippen molar-refractivity contribution in [2.24, 2.45) is 7.05 Å². The number of fused-ring (bicyclic) bond motifs is 1. The molecule has 5 heteroatoms. The molecule has 0 radical (unpaired) electrons. The zero-order valence-corrected chi connectivity index (χ0v) is 7.37. The van der Waals surface area contributed by atoms with Gasteiger partial charge in [0.15, 0.2) is 5.88 Å². The number of H-pyrrole nitrogens is 1. The fourth-order valence-electron chi connectivity index (χ4n) is 1.17. The van der Waals surface area contributed by atoms with E-state index in [1.165, 1.54) is 4.57 Å². The van der Waals surface area contributed by atoms with Crippen LogP contribution in [0.15, 0.2) is 17.1 Å². The molecule has 0 aliphatic rings. The van der Waals surface area contributed by atoms with E-state index in [1.54, 1.807) is 26.4 Å². The number of methoxy groups -OCH3 is 1. The molecule has 13 heavy (non-hydrogen) atoms. The summed E-state index contributed by atoms with van der Waals surface area (Å²) < 4.78 is 6.40. The maximum Gasteiger partial charge on any atom is 0.349 e. The summed E-state index contributed by atoms with van der Waals surface area (Å²) in [6.07, 6.45) is 1.71. The first-order chi connectivity index (χ1) is 6.20. The van der Waals surface area contributed by atoms with E-state index in [2.05, 4.69) is 9.97 Å². The van der Waals surface area contributed by atoms with Crippen LogP contribution < -0.4 is 10.4 Å². The molecular formula is C8H9N3O2. The van der Waals surface area contributed by atoms with Crippen molar-refractivity contribution in [2.45, 2.75) is 0 Å². The van der Waals surface area contributed by atoms with Crippen LogP contribution in [0.2, 0.25) is 0 Å². The van der Waals surface area contributed by atoms with Gasteiger partial charge in [-0.25, -0.2) is 4.79 Å². The van der Waals surface area contributed by atoms with Crippen molar-refractivity contribution in [3.8, 4) is 5.88 Å². The molecule has 2 rings (SSSR count). The van der Waals surface area contributed by atoms with E-state index in [1.807, 2.05) is 0 Å². The van der Waals surface area contributed by atoms with Gasteiger partial charge in [-0.3, -0.25) is 0 Å². The molecule has 0 bridgehead atoms. The maximum atomic E-state index is 11.1. The van der Waals surface area contributed by atoms with Gasteiger partial charge in [0, 0.05) is 24.7 Å². The lowest BCUT2D eigenvalue weighted by molar-refractivity contribution is 0.401. The van der Waals surface area contributed by atoms with Gasteiger partial charge in [-0.05, 0) is 0 Å². The average molecular weight is 179 g/mol. The molecule has 0 unspecified atom stereocenters. The van der Waals surface area contributed by atoms with E-state index >= 15 is 0 Å². The summed E-state index contributed by atoms with van der Waals surface area (Å²) in [5, 5.41) is 0.860. The molecule has 0 saturated heterocycles. The zero-order valence-electron chi connectivity index (χ0n) is 7.37. The number of rotatable bonds is 1. The summed E-state index contributed by atoms with van der Waals surface area (Å²) in [6, 6.07) is 1.79. The van der Waals surface area contributed by atoms with Crippen molar-refractivity contribution < 1.29 is 4.74 Å². The van der Waals surface area contributed by atoms with Crippen LogP contribution in [-0.2, 0) is 7.05 Å². The van der Waals surface area contributed by atoms with Crippen molar-refractivity contribution in [1.29, 1.82) is 0 Å². The maximum absolute atomic E-state index is 11.1. The molecule has 0 aliphatic heterocycles. The van der Waals surface area contributed by atoms with Crippen molar-refractivity contribution in [2.75, 3.05) is 7.11 Å². The lowest BCUT2D eigenvalue weighted by Crippen LogP contribution is -2.18. The minimum Gasteiger partial charge on any atom is -0.482 e. The summed E-state index contributed by atoms with van der Waals surface area (Å²) in [7, 11) is 3.22. The lowest BCUT2D eigenvalue weighted by Gasteiger charge is -1.93. The summed E-state index contributed by atoms with van der Waals surface area (Å²) in [6.45, 7) is 0. The molecule has 0 saturated carbocycles. The third kappa shape index (κ3) is 1.18. The molecule has 0 atom stereocenters. The fraction of sp³-hybridized carbons (Fsp3) is 0.250. The molecule has 0 amide bonds. The SMILES string of the molecule is COc1cc2cn(C)c(=O)nc2[nH]1. The standard InChI is InChI=1S/C8H9N3O2/c1-11-4-5-3-6(13-2)9-7(5)10-8(11)12/h3-4H,1-2H3,(H,9,10,12). The molecule has 2 aromatic heterocycles. The van der Waals surface area contributed by atoms with E-state index in [-0.39, 0.29) is 5.69 Å². The van der Waals surface area contributed by atoms with Crippen LogP contribution in [0.3, 0.4) is 0 Å². The highest BCUT2D eigenvalue weighted by molar-refractivity contribution is 5.76. The monoisotopic (exact) mass is 179 g/mol. The Balaban J connectivity index is 2.77. The quantitative estimate of drug-likeness (QED) is 0.683. The van der Waals surface area contributed by atoms with E-state index < -0.39 is 0 Å². The van der Waals surface area contributed by atoms with Crippen molar-refractivity contribution in [3.05, 3.63) is 22.7 Å². The van der Waals surface area contributed by atoms with Crippen molar-refractivity contribution in [1.82, 2.24) is 14.5 Å². The van der Waals surface area contributed by atoms with Gasteiger partial charge in [-0.15, -0.1) is 0 Å². The van der Waals surface area contributed by atoms with Gasteiger partial charge in [0.05, 0.1) is 7.11 Å². The number of nitrogens with one attached hydrogen (secondary N) is 1. The number of ether oxygens (including phenoxy) is 1. The van der Waals surface area contributed by atoms with Crippen LogP contribution in [0.1, 0.15) is 0 Å². The van der Waals surface area contributed by atoms with Gasteiger partial charge < -0.3 is 14.3 Å². The van der Waals surface area contributed by atoms with Gasteiger partial charge in [0.2, 0.25) is 0 Å². The second kappa shape index (κ2) is 2.62. The van der Waals surface area contributed by atoms with E-state index in [9.17, 15) is 4.79 Å². The number of nitrogens with zero attached hydrogens (tertiary/aromatic N) is 2. The molecule has 5 nitrogen and oxygen atoms in total. The van der Waals surface area contributed by atoms with Crippen LogP contribution >= 0.6 is 0 Å². The number of aryl methyl sites for hydroxylation is 1. The fourth-order valence-corrected chi connectivity index (χ4v) is 1.17. The number of aromatic amines is 1. The first-order valence-electron chi connectivity index (χ1n) is 3.81. The Labute approximate surface area is 74.0 Å². The van der Waals surface area contributed by atoms with Crippen LogP contribution in [0.5, 0.6) is 5.88 Å². The van der Waals surface area contributed by atoms with Gasteiger partial charge >= 0.3 is 5.69 Å². The second-order valence-corrected chi connectivity index (χ2v) is 2.78. The molecule has 2 aromatic rings. The topological polar surface area (TPSA) is 59.9 Å². The Morgan fingerprint density at radius 1 is 1.62 bits per heavy atom. The van der Waals surface area contributed by atoms with Crippen molar-refractivity contribution >= 4 is 11.0 Å². The summed E-state index contributed by atoms with van der Waals surface area (Å²) >= 11 is 0. The Morgan fingerprint density at radius 3 is 3.08 bits per heavy atom. The molecule has 0 aliphatic carbocycles. The molecule has 1 N–H and O–H groups in total. The molecule has 2 heterocycles. The smallest absolute Gasteiger partial charge is 0.349 e. The number of aromatic nitrogens is 3. The summed E-state index contributed by atoms with van der Waals surface area (Å²) in [4.78, 5) is 17.8. The van der Waals surface area contributed by atoms with E-state index in [4.69, 9.17) is 4.74 Å². The highest BCUT2D eigenvalue weighted by atomic mass is 16.5. The number of hydrogen-bond donors (Lipinski definition) is 1. The van der Waals surface area contributed by atoms with Gasteiger partial charge in [-0.2, -0.15) is 4.98 Å². The average Bonchev–Trinajstić information content (AvgIpc) is 2.48. The van der Waals surface area contributed by atoms with Crippen LogP contribution in [-0.4, -0.2) is 21.6 Å². The molecule has 0 spiro atoms. The van der Waals surface area contributed by atoms with Gasteiger partial charge in [0.1, 0.15) is 5.65 Å². The summed E-state index contributed by atoms with van der Waals surface area (Å²) in [5.41, 5.74) is 0.275. The predicted molar refractivity (Wildman–Crippen MR) is 47.9 cm³/mol. The normalized spacial score (nSPS) is 10.6. The summed E-state index contributed by atoms with van der Waals surface area (Å²) in [5.74, 6) is 0.605. The highest BCUT2D eigenvalue weighted by Crippen LogP contribution is 2.15. The van der Waals surface area contributed by atoms with Crippen LogP contribution in [0.25, 0.3) is 11.0 Å². The van der Waals surface area contributed by atoms with Crippen molar-refractivity contribution in [3.63, 3.8) is 0 Å². The van der Waals surface area contributed by atoms with Crippen LogP contribution in [0.4, 0.5) is 0 Å². The van der Waals surface area contributed by atoms with E-state index in [0.717, 1.165) is 5.39 Å². The lowest BCUT2D eigenvalue weighted by atomic mass is 10.4. The first kappa shape index (κ1) is 7.85. The highest BCUT2D eigenvalue weighted by Gasteiger charge is 2.03. The second-order valence-electron chi connectivity index (χ2n) is 2.78. The molecule has 0 fully saturated rings. The Kier molecular flexibility index (Phi) is 1.58. The third-order valence-corrected chi connectivity index (χ3v) is 1.86.